The van der Waals surface area contributed by atoms with Crippen LogP contribution >= 0.6 is 7.66 Å². The molecule has 0 rings (SSSR count). The fourth-order valence-corrected chi connectivity index (χ4v) is 0. The first-order valence-electron chi connectivity index (χ1n) is 0.881. The van der Waals surface area contributed by atoms with Crippen LogP contribution in [-0.4, -0.2) is 13.0 Å². The Kier molecular flexibility index (Phi) is 1.64. The number of hydrogen-bond acceptors (Lipinski definition) is 3. The van der Waals surface area contributed by atoms with E-state index in [1.54, 1.807) is 0 Å². The van der Waals surface area contributed by atoms with Crippen molar-refractivity contribution in [1.82, 2.24) is 0 Å². The molecule has 0 spiro atoms. The van der Waals surface area contributed by atoms with E-state index in [1.165, 1.54) is 0 Å². The maximum Gasteiger partial charge on any atom is 0.349 e. The Hall–Kier alpha value is 0.01000. The molecule has 0 bridgehead atoms. The molecule has 0 saturated carbocycles. The molecular weight excluding hydrogens is 127 g/mol. The Morgan fingerprint density at radius 3 is 1.67 bits per heavy atom. The Bertz CT molecular complexity index is 118. The molecule has 0 saturated heterocycles. The fourth-order valence-electron chi connectivity index (χ4n) is 0. The normalized spacial score (nSPS) is 12.2. The van der Waals surface area contributed by atoms with Crippen LogP contribution in [0.25, 0.3) is 0 Å². The van der Waals surface area contributed by atoms with E-state index in [2.05, 4.69) is 0 Å². The lowest BCUT2D eigenvalue weighted by atomic mass is 15.9. The summed E-state index contributed by atoms with van der Waals surface area (Å²) in [5.41, 5.74) is 0. The first-order valence-corrected chi connectivity index (χ1v) is 3.74. The summed E-state index contributed by atoms with van der Waals surface area (Å²) in [7, 11) is -5.49. The van der Waals surface area contributed by atoms with E-state index in [0.717, 1.165) is 0 Å². The van der Waals surface area contributed by atoms with Crippen LogP contribution in [0.2, 0.25) is 0 Å². The van der Waals surface area contributed by atoms with Gasteiger partial charge < -0.3 is 0 Å². The summed E-state index contributed by atoms with van der Waals surface area (Å²) < 4.78 is 35.0. The summed E-state index contributed by atoms with van der Waals surface area (Å²) in [4.78, 5) is 0. The van der Waals surface area contributed by atoms with E-state index in [-0.39, 0.29) is 0 Å². The van der Waals surface area contributed by atoms with Gasteiger partial charge in [-0.2, -0.15) is 8.42 Å². The molecule has 0 amide bonds. The van der Waals surface area contributed by atoms with Gasteiger partial charge in [0.2, 0.25) is 0 Å². The van der Waals surface area contributed by atoms with Gasteiger partial charge in [0.25, 0.3) is 0 Å². The van der Waals surface area contributed by atoms with Gasteiger partial charge in [-0.3, -0.25) is 9.12 Å². The topological polar surface area (TPSA) is 71.4 Å². The highest BCUT2D eigenvalue weighted by Crippen LogP contribution is 1.99. The maximum absolute atomic E-state index is 9.23. The van der Waals surface area contributed by atoms with Crippen LogP contribution in [0.5, 0.6) is 0 Å². The summed E-state index contributed by atoms with van der Waals surface area (Å²) in [5, 5.41) is 0. The Labute approximate surface area is 35.9 Å². The van der Waals surface area contributed by atoms with Crippen LogP contribution in [-0.2, 0) is 14.3 Å². The molecule has 0 aromatic heterocycles. The molecule has 6 heteroatoms. The van der Waals surface area contributed by atoms with Crippen molar-refractivity contribution in [2.45, 2.75) is 0 Å². The largest absolute Gasteiger partial charge is 0.349 e. The average molecular weight is 128 g/mol. The van der Waals surface area contributed by atoms with Gasteiger partial charge >= 0.3 is 17.4 Å². The Balaban J connectivity index is 4.25. The highest BCUT2D eigenvalue weighted by Gasteiger charge is 1.97. The zero-order chi connectivity index (χ0) is 5.21. The van der Waals surface area contributed by atoms with Gasteiger partial charge in [-0.05, 0) is 0 Å². The second-order valence-corrected chi connectivity index (χ2v) is 3.40. The first-order chi connectivity index (χ1) is 2.56. The smallest absolute Gasteiger partial charge is 0.277 e. The summed E-state index contributed by atoms with van der Waals surface area (Å²) in [6, 6.07) is 0. The molecule has 0 unspecified atom stereocenters. The fraction of sp³-hybridized carbons (Fsp3) is 0. The molecular formula is HO4PS. The lowest BCUT2D eigenvalue weighted by Crippen LogP contribution is -1.78. The molecule has 0 aromatic carbocycles. The molecule has 0 aromatic rings. The first kappa shape index (κ1) is 6.01. The lowest BCUT2D eigenvalue weighted by molar-refractivity contribution is 0.497. The van der Waals surface area contributed by atoms with Crippen LogP contribution in [0.1, 0.15) is 0 Å². The van der Waals surface area contributed by atoms with Gasteiger partial charge in [0.15, 0.2) is 0 Å². The van der Waals surface area contributed by atoms with Crippen LogP contribution in [0.4, 0.5) is 0 Å². The average Bonchev–Trinajstić information content (AvgIpc) is 1.35. The molecule has 36 valence electrons. The van der Waals surface area contributed by atoms with Crippen molar-refractivity contribution in [3.05, 3.63) is 0 Å². The van der Waals surface area contributed by atoms with Gasteiger partial charge in [0, 0.05) is 0 Å². The predicted molar refractivity (Wildman–Crippen MR) is 19.2 cm³/mol. The van der Waals surface area contributed by atoms with Gasteiger partial charge in [0.1, 0.15) is 0 Å². The van der Waals surface area contributed by atoms with E-state index in [0.29, 0.717) is 0 Å². The number of hydrogen-bond donors (Lipinski definition) is 1. The molecule has 0 aliphatic rings. The molecule has 0 heterocycles. The van der Waals surface area contributed by atoms with Gasteiger partial charge in [0.05, 0.1) is 0 Å². The zero-order valence-corrected chi connectivity index (χ0v) is 4.24. The Morgan fingerprint density at radius 1 is 1.50 bits per heavy atom. The third kappa shape index (κ3) is 4.01. The van der Waals surface area contributed by atoms with E-state index in [1.807, 2.05) is 0 Å². The Morgan fingerprint density at radius 2 is 1.67 bits per heavy atom. The minimum Gasteiger partial charge on any atom is -0.277 e. The third-order valence-corrected chi connectivity index (χ3v) is 0.848. The van der Waals surface area contributed by atoms with E-state index < -0.39 is 17.4 Å². The lowest BCUT2D eigenvalue weighted by Gasteiger charge is -1.66. The minimum absolute atomic E-state index is 1.25. The van der Waals surface area contributed by atoms with Crippen molar-refractivity contribution < 1.29 is 17.5 Å². The summed E-state index contributed by atoms with van der Waals surface area (Å²) >= 11 is 0. The SMILES string of the molecule is O=PS(=O)(=O)O. The summed E-state index contributed by atoms with van der Waals surface area (Å²) in [5.74, 6) is 0. The van der Waals surface area contributed by atoms with E-state index in [9.17, 15) is 8.42 Å². The molecule has 1 N–H and O–H groups in total. The quantitative estimate of drug-likeness (QED) is 0.401. The van der Waals surface area contributed by atoms with Crippen LogP contribution < -0.4 is 0 Å². The van der Waals surface area contributed by atoms with Crippen molar-refractivity contribution >= 4 is 17.4 Å². The summed E-state index contributed by atoms with van der Waals surface area (Å²) in [6.45, 7) is 0. The van der Waals surface area contributed by atoms with Crippen molar-refractivity contribution in [3.8, 4) is 0 Å². The molecule has 0 aliphatic heterocycles. The third-order valence-electron chi connectivity index (χ3n) is 0.0942. The molecule has 6 heavy (non-hydrogen) atoms. The van der Waals surface area contributed by atoms with Gasteiger partial charge in [-0.25, -0.2) is 0 Å². The van der Waals surface area contributed by atoms with Gasteiger partial charge in [-0.15, -0.1) is 0 Å². The molecule has 0 fully saturated rings. The molecule has 0 aliphatic carbocycles. The van der Waals surface area contributed by atoms with Crippen molar-refractivity contribution in [2.75, 3.05) is 0 Å². The van der Waals surface area contributed by atoms with Crippen molar-refractivity contribution in [2.24, 2.45) is 0 Å². The van der Waals surface area contributed by atoms with Crippen LogP contribution in [0.3, 0.4) is 0 Å². The zero-order valence-electron chi connectivity index (χ0n) is 2.53. The van der Waals surface area contributed by atoms with E-state index >= 15 is 0 Å². The van der Waals surface area contributed by atoms with Gasteiger partial charge in [-0.1, -0.05) is 0 Å². The highest BCUT2D eigenvalue weighted by atomic mass is 32.8. The molecule has 0 atom stereocenters. The van der Waals surface area contributed by atoms with E-state index in [4.69, 9.17) is 9.12 Å². The maximum atomic E-state index is 9.23. The molecule has 0 radical (unpaired) electrons. The standard InChI is InChI=1S/HO4PS/c1-5-6(2,3)4/h(H,2,3,4). The second kappa shape index (κ2) is 1.64. The van der Waals surface area contributed by atoms with Crippen LogP contribution in [0, 0.1) is 0 Å². The van der Waals surface area contributed by atoms with Crippen LogP contribution in [0.15, 0.2) is 0 Å². The minimum atomic E-state index is -4.25. The molecule has 4 nitrogen and oxygen atoms in total. The van der Waals surface area contributed by atoms with Crippen molar-refractivity contribution in [3.63, 3.8) is 0 Å². The number of rotatable bonds is 1. The van der Waals surface area contributed by atoms with Crippen molar-refractivity contribution in [1.29, 1.82) is 0 Å². The predicted octanol–water partition coefficient (Wildman–Crippen LogP) is 0.0809. The highest BCUT2D eigenvalue weighted by molar-refractivity contribution is 8.36. The monoisotopic (exact) mass is 128 g/mol. The summed E-state index contributed by atoms with van der Waals surface area (Å²) in [6.07, 6.45) is 0. The second-order valence-electron chi connectivity index (χ2n) is 0.522.